The summed E-state index contributed by atoms with van der Waals surface area (Å²) in [5.41, 5.74) is 8.86. The molecule has 1 unspecified atom stereocenters. The number of benzene rings is 1. The Balaban J connectivity index is 2.26. The number of anilines is 1. The molecule has 0 saturated carbocycles. The maximum Gasteiger partial charge on any atom is 0.220 e. The molecule has 1 aromatic heterocycles. The average Bonchev–Trinajstić information content (AvgIpc) is 2.62. The predicted octanol–water partition coefficient (Wildman–Crippen LogP) is 4.67. The van der Waals surface area contributed by atoms with Gasteiger partial charge in [-0.25, -0.2) is 14.4 Å². The monoisotopic (exact) mass is 352 g/mol. The highest BCUT2D eigenvalue weighted by Crippen LogP contribution is 2.25. The lowest BCUT2D eigenvalue weighted by Gasteiger charge is -2.26. The first-order valence-electron chi connectivity index (χ1n) is 8.54. The average molecular weight is 352 g/mol. The zero-order valence-corrected chi connectivity index (χ0v) is 15.5. The molecule has 0 bridgehead atoms. The summed E-state index contributed by atoms with van der Waals surface area (Å²) < 4.78 is 13.9. The second-order valence-corrected chi connectivity index (χ2v) is 6.07. The third-order valence-corrected chi connectivity index (χ3v) is 4.22. The van der Waals surface area contributed by atoms with Crippen molar-refractivity contribution >= 4 is 11.5 Å². The number of hydrogen-bond donors (Lipinski definition) is 1. The van der Waals surface area contributed by atoms with E-state index in [-0.39, 0.29) is 17.8 Å². The highest BCUT2D eigenvalue weighted by Gasteiger charge is 2.14. The number of halogens is 1. The van der Waals surface area contributed by atoms with Crippen molar-refractivity contribution in [3.8, 4) is 0 Å². The number of nitrogen functional groups attached to an aromatic ring is 1. The summed E-state index contributed by atoms with van der Waals surface area (Å²) in [6.45, 7) is 7.60. The van der Waals surface area contributed by atoms with Gasteiger partial charge >= 0.3 is 0 Å². The zero-order chi connectivity index (χ0) is 19.1. The summed E-state index contributed by atoms with van der Waals surface area (Å²) in [5, 5.41) is 0. The van der Waals surface area contributed by atoms with Gasteiger partial charge in [-0.1, -0.05) is 37.8 Å². The van der Waals surface area contributed by atoms with E-state index in [1.165, 1.54) is 0 Å². The van der Waals surface area contributed by atoms with Crippen LogP contribution in [0.2, 0.25) is 0 Å². The summed E-state index contributed by atoms with van der Waals surface area (Å²) in [6, 6.07) is 7.27. The third-order valence-electron chi connectivity index (χ3n) is 4.22. The van der Waals surface area contributed by atoms with Crippen molar-refractivity contribution in [2.75, 3.05) is 12.8 Å². The molecule has 1 heterocycles. The first-order chi connectivity index (χ1) is 12.5. The lowest BCUT2D eigenvalue weighted by atomic mass is 10.0. The molecule has 5 heteroatoms. The fraction of sp³-hybridized carbons (Fsp3) is 0.238. The molecule has 0 radical (unpaired) electrons. The largest absolute Gasteiger partial charge is 0.373 e. The summed E-state index contributed by atoms with van der Waals surface area (Å²) in [7, 11) is 1.97. The van der Waals surface area contributed by atoms with Crippen LogP contribution < -0.4 is 5.73 Å². The minimum Gasteiger partial charge on any atom is -0.373 e. The molecule has 0 aliphatic rings. The van der Waals surface area contributed by atoms with Crippen LogP contribution in [0, 0.1) is 12.7 Å². The zero-order valence-electron chi connectivity index (χ0n) is 15.5. The summed E-state index contributed by atoms with van der Waals surface area (Å²) >= 11 is 0. The Bertz CT molecular complexity index is 827. The van der Waals surface area contributed by atoms with Crippen molar-refractivity contribution in [1.82, 2.24) is 14.9 Å². The summed E-state index contributed by atoms with van der Waals surface area (Å²) in [6.07, 6.45) is 9.93. The van der Waals surface area contributed by atoms with Gasteiger partial charge < -0.3 is 10.6 Å². The van der Waals surface area contributed by atoms with Gasteiger partial charge in [0.25, 0.3) is 0 Å². The van der Waals surface area contributed by atoms with Gasteiger partial charge in [-0.2, -0.15) is 0 Å². The Hall–Kier alpha value is -2.95. The molecule has 0 spiro atoms. The molecule has 0 aliphatic heterocycles. The molecule has 0 amide bonds. The van der Waals surface area contributed by atoms with Gasteiger partial charge in [-0.3, -0.25) is 0 Å². The summed E-state index contributed by atoms with van der Waals surface area (Å²) in [4.78, 5) is 10.2. The minimum absolute atomic E-state index is 0.0711. The Kier molecular flexibility index (Phi) is 6.67. The molecule has 1 atom stereocenters. The number of allylic oxidation sites excluding steroid dienone is 4. The Labute approximate surface area is 154 Å². The maximum atomic E-state index is 13.9. The highest BCUT2D eigenvalue weighted by molar-refractivity contribution is 5.73. The van der Waals surface area contributed by atoms with Gasteiger partial charge in [0.2, 0.25) is 5.95 Å². The van der Waals surface area contributed by atoms with Crippen LogP contribution in [0.25, 0.3) is 5.57 Å². The molecule has 0 aliphatic carbocycles. The third kappa shape index (κ3) is 4.79. The molecule has 4 nitrogen and oxygen atoms in total. The molecule has 2 aromatic rings. The second-order valence-electron chi connectivity index (χ2n) is 6.07. The standard InChI is InChI=1S/C21H25FN4/c1-5-7-16(19-10-12-24-21(23)25-19)11-13-26(4)20(6-2)17-9-8-15(3)18(22)14-17/h5,7-14,20H,1,6H2,2-4H3,(H2,23,24,25)/b13-11-,16-7+. The Morgan fingerprint density at radius 3 is 2.77 bits per heavy atom. The minimum atomic E-state index is -0.179. The van der Waals surface area contributed by atoms with E-state index in [9.17, 15) is 4.39 Å². The van der Waals surface area contributed by atoms with Gasteiger partial charge in [-0.15, -0.1) is 0 Å². The van der Waals surface area contributed by atoms with Gasteiger partial charge in [0.1, 0.15) is 5.82 Å². The predicted molar refractivity (Wildman–Crippen MR) is 106 cm³/mol. The van der Waals surface area contributed by atoms with Crippen molar-refractivity contribution in [3.05, 3.63) is 84.1 Å². The number of hydrogen-bond acceptors (Lipinski definition) is 4. The fourth-order valence-corrected chi connectivity index (χ4v) is 2.76. The van der Waals surface area contributed by atoms with E-state index in [4.69, 9.17) is 5.73 Å². The molecule has 2 rings (SSSR count). The molecule has 0 saturated heterocycles. The van der Waals surface area contributed by atoms with E-state index in [0.717, 1.165) is 23.3 Å². The molecular formula is C21H25FN4. The maximum absolute atomic E-state index is 13.9. The quantitative estimate of drug-likeness (QED) is 0.736. The van der Waals surface area contributed by atoms with E-state index in [1.54, 1.807) is 31.3 Å². The van der Waals surface area contributed by atoms with Crippen molar-refractivity contribution in [1.29, 1.82) is 0 Å². The van der Waals surface area contributed by atoms with Crippen molar-refractivity contribution in [3.63, 3.8) is 0 Å². The van der Waals surface area contributed by atoms with Crippen molar-refractivity contribution < 1.29 is 4.39 Å². The SMILES string of the molecule is C=C/C=C(\C=C/N(C)C(CC)c1ccc(C)c(F)c1)c1ccnc(N)n1. The lowest BCUT2D eigenvalue weighted by Crippen LogP contribution is -2.18. The molecule has 1 aromatic carbocycles. The van der Waals surface area contributed by atoms with Crippen LogP contribution in [0.5, 0.6) is 0 Å². The van der Waals surface area contributed by atoms with Gasteiger partial charge in [0, 0.05) is 18.8 Å². The smallest absolute Gasteiger partial charge is 0.220 e. The van der Waals surface area contributed by atoms with Crippen LogP contribution in [0.4, 0.5) is 10.3 Å². The second kappa shape index (κ2) is 8.94. The van der Waals surface area contributed by atoms with Crippen LogP contribution in [0.15, 0.2) is 61.5 Å². The molecule has 2 N–H and O–H groups in total. The van der Waals surface area contributed by atoms with Crippen LogP contribution >= 0.6 is 0 Å². The van der Waals surface area contributed by atoms with Crippen LogP contribution in [-0.4, -0.2) is 21.9 Å². The molecule has 136 valence electrons. The van der Waals surface area contributed by atoms with Gasteiger partial charge in [-0.05, 0) is 48.9 Å². The van der Waals surface area contributed by atoms with E-state index in [2.05, 4.69) is 28.4 Å². The first-order valence-corrected chi connectivity index (χ1v) is 8.54. The normalized spacial score (nSPS) is 13.0. The fourth-order valence-electron chi connectivity index (χ4n) is 2.76. The van der Waals surface area contributed by atoms with Gasteiger partial charge in [0.05, 0.1) is 11.7 Å². The Morgan fingerprint density at radius 1 is 1.38 bits per heavy atom. The lowest BCUT2D eigenvalue weighted by molar-refractivity contribution is 0.327. The van der Waals surface area contributed by atoms with Crippen molar-refractivity contribution in [2.24, 2.45) is 0 Å². The number of nitrogens with two attached hydrogens (primary N) is 1. The van der Waals surface area contributed by atoms with Crippen LogP contribution in [0.1, 0.15) is 36.2 Å². The van der Waals surface area contributed by atoms with Crippen molar-refractivity contribution in [2.45, 2.75) is 26.3 Å². The molecular weight excluding hydrogens is 327 g/mol. The number of nitrogens with zero attached hydrogens (tertiary/aromatic N) is 3. The highest BCUT2D eigenvalue weighted by atomic mass is 19.1. The number of aromatic nitrogens is 2. The molecule has 26 heavy (non-hydrogen) atoms. The van der Waals surface area contributed by atoms with E-state index < -0.39 is 0 Å². The topological polar surface area (TPSA) is 55.0 Å². The van der Waals surface area contributed by atoms with Gasteiger partial charge in [0.15, 0.2) is 0 Å². The summed E-state index contributed by atoms with van der Waals surface area (Å²) in [5.74, 6) is 0.0443. The number of rotatable bonds is 7. The first kappa shape index (κ1) is 19.4. The van der Waals surface area contributed by atoms with E-state index in [1.807, 2.05) is 37.5 Å². The van der Waals surface area contributed by atoms with Crippen LogP contribution in [-0.2, 0) is 0 Å². The van der Waals surface area contributed by atoms with Crippen LogP contribution in [0.3, 0.4) is 0 Å². The van der Waals surface area contributed by atoms with E-state index in [0.29, 0.717) is 5.56 Å². The Morgan fingerprint density at radius 2 is 2.15 bits per heavy atom. The van der Waals surface area contributed by atoms with E-state index >= 15 is 0 Å². The molecule has 0 fully saturated rings. The number of aryl methyl sites for hydroxylation is 1.